The Labute approximate surface area is 151 Å². The van der Waals surface area contributed by atoms with Gasteiger partial charge in [-0.05, 0) is 60.7 Å². The predicted octanol–water partition coefficient (Wildman–Crippen LogP) is 4.37. The maximum absolute atomic E-state index is 12.8. The highest BCUT2D eigenvalue weighted by atomic mass is 32.1. The van der Waals surface area contributed by atoms with E-state index in [-0.39, 0.29) is 12.5 Å². The Hall–Kier alpha value is -2.66. The zero-order chi connectivity index (χ0) is 17.6. The third-order valence-electron chi connectivity index (χ3n) is 3.68. The van der Waals surface area contributed by atoms with Crippen molar-refractivity contribution in [3.05, 3.63) is 76.1 Å². The van der Waals surface area contributed by atoms with E-state index < -0.39 is 0 Å². The van der Waals surface area contributed by atoms with Gasteiger partial charge in [-0.25, -0.2) is 4.98 Å². The minimum atomic E-state index is -0.119. The number of hydrogen-bond acceptors (Lipinski definition) is 4. The van der Waals surface area contributed by atoms with Gasteiger partial charge in [0.25, 0.3) is 5.91 Å². The summed E-state index contributed by atoms with van der Waals surface area (Å²) in [5.74, 6) is 1.22. The van der Waals surface area contributed by atoms with Crippen LogP contribution in [0.25, 0.3) is 0 Å². The Morgan fingerprint density at radius 2 is 1.92 bits per heavy atom. The minimum absolute atomic E-state index is 0.0230. The number of hydrogen-bond donors (Lipinski definition) is 0. The maximum atomic E-state index is 12.8. The summed E-state index contributed by atoms with van der Waals surface area (Å²) in [7, 11) is 0. The molecule has 0 spiro atoms. The number of pyridine rings is 1. The summed E-state index contributed by atoms with van der Waals surface area (Å²) >= 11 is 1.62. The van der Waals surface area contributed by atoms with Crippen LogP contribution in [0.1, 0.15) is 16.0 Å². The van der Waals surface area contributed by atoms with Gasteiger partial charge in [-0.1, -0.05) is 18.2 Å². The highest BCUT2D eigenvalue weighted by Crippen LogP contribution is 2.19. The predicted molar refractivity (Wildman–Crippen MR) is 101 cm³/mol. The molecule has 2 heterocycles. The number of benzene rings is 1. The first-order chi connectivity index (χ1) is 12.1. The second kappa shape index (κ2) is 7.94. The van der Waals surface area contributed by atoms with Crippen molar-refractivity contribution >= 4 is 23.1 Å². The van der Waals surface area contributed by atoms with Gasteiger partial charge in [0.2, 0.25) is 0 Å². The van der Waals surface area contributed by atoms with Gasteiger partial charge in [0.1, 0.15) is 11.6 Å². The molecule has 0 saturated heterocycles. The standard InChI is InChI=1S/C20H20N2O2S/c1-15-10-16(2)12-17(11-15)24-14-20(23)22(13-18-6-5-9-25-18)19-7-3-4-8-21-19/h3-12H,13-14H2,1-2H3. The van der Waals surface area contributed by atoms with E-state index in [9.17, 15) is 4.79 Å². The van der Waals surface area contributed by atoms with Crippen molar-refractivity contribution in [2.45, 2.75) is 20.4 Å². The Morgan fingerprint density at radius 3 is 2.56 bits per heavy atom. The molecule has 0 aliphatic carbocycles. The van der Waals surface area contributed by atoms with Crippen molar-refractivity contribution in [3.63, 3.8) is 0 Å². The maximum Gasteiger partial charge on any atom is 0.266 e. The molecule has 0 bridgehead atoms. The van der Waals surface area contributed by atoms with Gasteiger partial charge in [-0.2, -0.15) is 0 Å². The highest BCUT2D eigenvalue weighted by molar-refractivity contribution is 7.09. The van der Waals surface area contributed by atoms with Crippen molar-refractivity contribution in [2.75, 3.05) is 11.5 Å². The summed E-state index contributed by atoms with van der Waals surface area (Å²) in [6.07, 6.45) is 1.69. The lowest BCUT2D eigenvalue weighted by Crippen LogP contribution is -2.34. The molecule has 0 aliphatic rings. The summed E-state index contributed by atoms with van der Waals surface area (Å²) in [4.78, 5) is 19.9. The lowest BCUT2D eigenvalue weighted by molar-refractivity contribution is -0.120. The van der Waals surface area contributed by atoms with Crippen LogP contribution in [0, 0.1) is 13.8 Å². The van der Waals surface area contributed by atoms with Crippen molar-refractivity contribution < 1.29 is 9.53 Å². The second-order valence-electron chi connectivity index (χ2n) is 5.86. The summed E-state index contributed by atoms with van der Waals surface area (Å²) in [5, 5.41) is 2.00. The van der Waals surface area contributed by atoms with E-state index in [1.54, 1.807) is 22.4 Å². The van der Waals surface area contributed by atoms with E-state index in [2.05, 4.69) is 11.1 Å². The van der Waals surface area contributed by atoms with Gasteiger partial charge in [-0.15, -0.1) is 11.3 Å². The number of amides is 1. The molecule has 1 amide bonds. The molecule has 128 valence electrons. The third kappa shape index (κ3) is 4.67. The molecule has 0 atom stereocenters. The molecule has 25 heavy (non-hydrogen) atoms. The number of aromatic nitrogens is 1. The molecule has 0 fully saturated rings. The Kier molecular flexibility index (Phi) is 5.46. The van der Waals surface area contributed by atoms with Crippen molar-refractivity contribution in [3.8, 4) is 5.75 Å². The fourth-order valence-electron chi connectivity index (χ4n) is 2.61. The molecule has 3 rings (SSSR count). The zero-order valence-electron chi connectivity index (χ0n) is 14.3. The molecule has 0 saturated carbocycles. The number of aryl methyl sites for hydroxylation is 2. The number of carbonyl (C=O) groups excluding carboxylic acids is 1. The molecule has 1 aromatic carbocycles. The smallest absolute Gasteiger partial charge is 0.266 e. The first-order valence-electron chi connectivity index (χ1n) is 8.07. The molecule has 2 aromatic heterocycles. The molecule has 4 nitrogen and oxygen atoms in total. The van der Waals surface area contributed by atoms with Crippen LogP contribution in [0.4, 0.5) is 5.82 Å². The highest BCUT2D eigenvalue weighted by Gasteiger charge is 2.18. The van der Waals surface area contributed by atoms with Crippen molar-refractivity contribution in [1.29, 1.82) is 0 Å². The lowest BCUT2D eigenvalue weighted by Gasteiger charge is -2.21. The first kappa shape index (κ1) is 17.2. The minimum Gasteiger partial charge on any atom is -0.484 e. The molecule has 0 radical (unpaired) electrons. The topological polar surface area (TPSA) is 42.4 Å². The van der Waals surface area contributed by atoms with Gasteiger partial charge < -0.3 is 4.74 Å². The monoisotopic (exact) mass is 352 g/mol. The summed E-state index contributed by atoms with van der Waals surface area (Å²) < 4.78 is 5.74. The van der Waals surface area contributed by atoms with Crippen LogP contribution < -0.4 is 9.64 Å². The van der Waals surface area contributed by atoms with Crippen LogP contribution >= 0.6 is 11.3 Å². The lowest BCUT2D eigenvalue weighted by atomic mass is 10.1. The Bertz CT molecular complexity index is 812. The van der Waals surface area contributed by atoms with Crippen molar-refractivity contribution in [2.24, 2.45) is 0 Å². The summed E-state index contributed by atoms with van der Waals surface area (Å²) in [6, 6.07) is 15.5. The largest absolute Gasteiger partial charge is 0.484 e. The van der Waals surface area contributed by atoms with Gasteiger partial charge in [0.15, 0.2) is 6.61 Å². The average Bonchev–Trinajstić information content (AvgIpc) is 3.11. The molecule has 5 heteroatoms. The van der Waals surface area contributed by atoms with Crippen LogP contribution in [0.15, 0.2) is 60.1 Å². The number of nitrogens with zero attached hydrogens (tertiary/aromatic N) is 2. The van der Waals surface area contributed by atoms with E-state index >= 15 is 0 Å². The number of rotatable bonds is 6. The van der Waals surface area contributed by atoms with Gasteiger partial charge >= 0.3 is 0 Å². The van der Waals surface area contributed by atoms with E-state index in [4.69, 9.17) is 4.74 Å². The summed E-state index contributed by atoms with van der Waals surface area (Å²) in [5.41, 5.74) is 2.23. The number of thiophene rings is 1. The van der Waals surface area contributed by atoms with Crippen LogP contribution in [-0.2, 0) is 11.3 Å². The number of carbonyl (C=O) groups is 1. The van der Waals surface area contributed by atoms with Crippen molar-refractivity contribution in [1.82, 2.24) is 4.98 Å². The Morgan fingerprint density at radius 1 is 1.12 bits per heavy atom. The zero-order valence-corrected chi connectivity index (χ0v) is 15.1. The average molecular weight is 352 g/mol. The normalized spacial score (nSPS) is 10.5. The molecular formula is C20H20N2O2S. The fraction of sp³-hybridized carbons (Fsp3) is 0.200. The van der Waals surface area contributed by atoms with Crippen LogP contribution in [-0.4, -0.2) is 17.5 Å². The van der Waals surface area contributed by atoms with Gasteiger partial charge in [0.05, 0.1) is 6.54 Å². The molecule has 0 N–H and O–H groups in total. The quantitative estimate of drug-likeness (QED) is 0.661. The fourth-order valence-corrected chi connectivity index (χ4v) is 3.30. The van der Waals surface area contributed by atoms with Crippen LogP contribution in [0.2, 0.25) is 0 Å². The summed E-state index contributed by atoms with van der Waals surface area (Å²) in [6.45, 7) is 4.49. The number of anilines is 1. The van der Waals surface area contributed by atoms with Crippen LogP contribution in [0.3, 0.4) is 0 Å². The van der Waals surface area contributed by atoms with Gasteiger partial charge in [-0.3, -0.25) is 9.69 Å². The molecule has 3 aromatic rings. The van der Waals surface area contributed by atoms with Gasteiger partial charge in [0, 0.05) is 11.1 Å². The van der Waals surface area contributed by atoms with Crippen LogP contribution in [0.5, 0.6) is 5.75 Å². The van der Waals surface area contributed by atoms with E-state index in [0.29, 0.717) is 18.1 Å². The third-order valence-corrected chi connectivity index (χ3v) is 4.54. The molecular weight excluding hydrogens is 332 g/mol. The van der Waals surface area contributed by atoms with E-state index in [1.807, 2.05) is 61.7 Å². The first-order valence-corrected chi connectivity index (χ1v) is 8.94. The SMILES string of the molecule is Cc1cc(C)cc(OCC(=O)N(Cc2cccs2)c2ccccn2)c1. The second-order valence-corrected chi connectivity index (χ2v) is 6.89. The van der Waals surface area contributed by atoms with E-state index in [0.717, 1.165) is 16.0 Å². The Balaban J connectivity index is 1.74. The number of ether oxygens (including phenoxy) is 1. The molecule has 0 aliphatic heterocycles. The van der Waals surface area contributed by atoms with E-state index in [1.165, 1.54) is 0 Å². The molecule has 0 unspecified atom stereocenters.